The monoisotopic (exact) mass is 451 g/mol. The van der Waals surface area contributed by atoms with E-state index in [1.807, 2.05) is 0 Å². The van der Waals surface area contributed by atoms with Gasteiger partial charge in [0, 0.05) is 19.5 Å². The molecule has 5 heteroatoms. The van der Waals surface area contributed by atoms with Gasteiger partial charge in [0.15, 0.2) is 0 Å². The number of rotatable bonds is 7. The number of hydrogen-bond acceptors (Lipinski definition) is 3. The second-order valence-electron chi connectivity index (χ2n) is 11.6. The Labute approximate surface area is 193 Å². The van der Waals surface area contributed by atoms with Gasteiger partial charge in [0.25, 0.3) is 0 Å². The summed E-state index contributed by atoms with van der Waals surface area (Å²) in [6.07, 6.45) is 11.0. The minimum absolute atomic E-state index is 0.0671. The molecule has 3 nitrogen and oxygen atoms in total. The summed E-state index contributed by atoms with van der Waals surface area (Å²) in [5.74, 6) is 2.25. The smallest absolute Gasteiger partial charge is 0.239 e. The third kappa shape index (κ3) is 5.47. The first-order valence-corrected chi connectivity index (χ1v) is 13.0. The second-order valence-corrected chi connectivity index (χ2v) is 11.6. The van der Waals surface area contributed by atoms with Gasteiger partial charge in [-0.3, -0.25) is 0 Å². The number of alkyl halides is 2. The average molecular weight is 452 g/mol. The lowest BCUT2D eigenvalue weighted by Gasteiger charge is -2.45. The van der Waals surface area contributed by atoms with Crippen molar-refractivity contribution >= 4 is 0 Å². The maximum Gasteiger partial charge on any atom is 0.239 e. The van der Waals surface area contributed by atoms with Crippen molar-refractivity contribution in [2.45, 2.75) is 96.7 Å². The van der Waals surface area contributed by atoms with Crippen LogP contribution < -0.4 is 0 Å². The topological polar surface area (TPSA) is 43.7 Å². The Hall–Kier alpha value is -0.780. The summed E-state index contributed by atoms with van der Waals surface area (Å²) < 4.78 is 25.1. The number of likely N-dealkylation sites (tertiary alicyclic amines) is 1. The predicted molar refractivity (Wildman–Crippen MR) is 125 cm³/mol. The summed E-state index contributed by atoms with van der Waals surface area (Å²) in [5, 5.41) is 20.0. The van der Waals surface area contributed by atoms with Crippen molar-refractivity contribution in [3.63, 3.8) is 0 Å². The average Bonchev–Trinajstić information content (AvgIpc) is 3.04. The molecule has 0 amide bonds. The van der Waals surface area contributed by atoms with Gasteiger partial charge in [0.2, 0.25) is 6.43 Å². The molecule has 32 heavy (non-hydrogen) atoms. The molecule has 3 aliphatic carbocycles. The summed E-state index contributed by atoms with van der Waals surface area (Å²) >= 11 is 0. The Morgan fingerprint density at radius 1 is 1.12 bits per heavy atom. The number of fused-ring (bicyclic) bond motifs is 1. The van der Waals surface area contributed by atoms with Gasteiger partial charge in [-0.25, -0.2) is 8.78 Å². The third-order valence-corrected chi connectivity index (χ3v) is 9.24. The van der Waals surface area contributed by atoms with E-state index in [1.165, 1.54) is 44.1 Å². The van der Waals surface area contributed by atoms with E-state index in [2.05, 4.69) is 30.9 Å². The molecule has 1 saturated heterocycles. The van der Waals surface area contributed by atoms with Crippen LogP contribution in [0.25, 0.3) is 0 Å². The van der Waals surface area contributed by atoms with Crippen molar-refractivity contribution in [1.29, 1.82) is 0 Å². The van der Waals surface area contributed by atoms with Crippen LogP contribution in [-0.4, -0.2) is 53.4 Å². The zero-order chi connectivity index (χ0) is 22.9. The first-order valence-electron chi connectivity index (χ1n) is 13.0. The molecular formula is C27H43F2NO2. The molecule has 1 aliphatic heterocycles. The molecule has 0 radical (unpaired) electrons. The molecule has 0 unspecified atom stereocenters. The minimum atomic E-state index is -2.16. The molecule has 4 aliphatic rings. The molecule has 4 rings (SSSR count). The van der Waals surface area contributed by atoms with E-state index in [1.54, 1.807) is 5.57 Å². The molecule has 1 heterocycles. The van der Waals surface area contributed by atoms with Crippen molar-refractivity contribution < 1.29 is 19.0 Å². The summed E-state index contributed by atoms with van der Waals surface area (Å²) in [6.45, 7) is 7.69. The fraction of sp³-hybridized carbons (Fsp3) is 0.852. The predicted octanol–water partition coefficient (Wildman–Crippen LogP) is 5.57. The van der Waals surface area contributed by atoms with Crippen LogP contribution >= 0.6 is 0 Å². The molecule has 0 aromatic heterocycles. The summed E-state index contributed by atoms with van der Waals surface area (Å²) in [5.41, 5.74) is 3.12. The number of nitrogens with zero attached hydrogens (tertiary/aromatic N) is 1. The van der Waals surface area contributed by atoms with Gasteiger partial charge in [-0.1, -0.05) is 37.1 Å². The van der Waals surface area contributed by atoms with Crippen molar-refractivity contribution in [1.82, 2.24) is 4.90 Å². The first kappa shape index (κ1) is 24.3. The highest BCUT2D eigenvalue weighted by Gasteiger charge is 2.50. The lowest BCUT2D eigenvalue weighted by molar-refractivity contribution is 0.0268. The maximum absolute atomic E-state index is 12.5. The number of aliphatic hydroxyl groups excluding tert-OH is 2. The fourth-order valence-corrected chi connectivity index (χ4v) is 7.59. The SMILES string of the molecule is C[C@H](CCN1CC(CC(F)F)C1)[C@H]1CC[C@H]2/C(=C/C=C3C[C@@H](O)C[C@H](O)C3)CCC[C@]12C. The highest BCUT2D eigenvalue weighted by molar-refractivity contribution is 5.26. The Morgan fingerprint density at radius 2 is 1.84 bits per heavy atom. The van der Waals surface area contributed by atoms with E-state index < -0.39 is 18.6 Å². The molecule has 6 atom stereocenters. The molecule has 4 fully saturated rings. The van der Waals surface area contributed by atoms with Crippen molar-refractivity contribution in [3.8, 4) is 0 Å². The number of halogens is 2. The van der Waals surface area contributed by atoms with Gasteiger partial charge in [-0.15, -0.1) is 0 Å². The molecule has 0 spiro atoms. The van der Waals surface area contributed by atoms with E-state index in [-0.39, 0.29) is 12.3 Å². The van der Waals surface area contributed by atoms with Gasteiger partial charge in [0.05, 0.1) is 12.2 Å². The Morgan fingerprint density at radius 3 is 2.53 bits per heavy atom. The first-order chi connectivity index (χ1) is 15.2. The highest BCUT2D eigenvalue weighted by atomic mass is 19.3. The molecule has 182 valence electrons. The molecule has 3 saturated carbocycles. The fourth-order valence-electron chi connectivity index (χ4n) is 7.59. The van der Waals surface area contributed by atoms with Gasteiger partial charge < -0.3 is 15.1 Å². The van der Waals surface area contributed by atoms with Crippen LogP contribution in [0.4, 0.5) is 8.78 Å². The van der Waals surface area contributed by atoms with Crippen LogP contribution in [0.5, 0.6) is 0 Å². The van der Waals surface area contributed by atoms with Crippen LogP contribution in [-0.2, 0) is 0 Å². The zero-order valence-electron chi connectivity index (χ0n) is 20.0. The second kappa shape index (κ2) is 10.2. The maximum atomic E-state index is 12.5. The van der Waals surface area contributed by atoms with E-state index in [9.17, 15) is 19.0 Å². The van der Waals surface area contributed by atoms with E-state index >= 15 is 0 Å². The van der Waals surface area contributed by atoms with Crippen LogP contribution in [0.2, 0.25) is 0 Å². The lowest BCUT2D eigenvalue weighted by Crippen LogP contribution is -2.48. The van der Waals surface area contributed by atoms with Crippen LogP contribution in [0.1, 0.15) is 78.1 Å². The quantitative estimate of drug-likeness (QED) is 0.531. The van der Waals surface area contributed by atoms with Gasteiger partial charge in [-0.05, 0) is 93.4 Å². The van der Waals surface area contributed by atoms with Crippen LogP contribution in [0.15, 0.2) is 23.3 Å². The summed E-state index contributed by atoms with van der Waals surface area (Å²) in [6, 6.07) is 0. The molecule has 2 N–H and O–H groups in total. The molecule has 0 aromatic rings. The van der Waals surface area contributed by atoms with Crippen molar-refractivity contribution in [2.24, 2.45) is 29.1 Å². The largest absolute Gasteiger partial charge is 0.393 e. The molecule has 0 bridgehead atoms. The molecular weight excluding hydrogens is 408 g/mol. The third-order valence-electron chi connectivity index (χ3n) is 9.24. The highest BCUT2D eigenvalue weighted by Crippen LogP contribution is 2.59. The Kier molecular flexibility index (Phi) is 7.78. The van der Waals surface area contributed by atoms with Gasteiger partial charge >= 0.3 is 0 Å². The lowest BCUT2D eigenvalue weighted by atomic mass is 9.61. The van der Waals surface area contributed by atoms with E-state index in [4.69, 9.17) is 0 Å². The number of hydrogen-bond donors (Lipinski definition) is 2. The van der Waals surface area contributed by atoms with Crippen molar-refractivity contribution in [2.75, 3.05) is 19.6 Å². The molecule has 0 aromatic carbocycles. The van der Waals surface area contributed by atoms with Crippen LogP contribution in [0, 0.1) is 29.1 Å². The van der Waals surface area contributed by atoms with Crippen LogP contribution in [0.3, 0.4) is 0 Å². The van der Waals surface area contributed by atoms with E-state index in [0.717, 1.165) is 25.6 Å². The van der Waals surface area contributed by atoms with Gasteiger partial charge in [-0.2, -0.15) is 0 Å². The number of allylic oxidation sites excluding steroid dienone is 3. The normalized spacial score (nSPS) is 38.7. The zero-order valence-corrected chi connectivity index (χ0v) is 20.0. The van der Waals surface area contributed by atoms with E-state index in [0.29, 0.717) is 36.5 Å². The number of aliphatic hydroxyl groups is 2. The standard InChI is InChI=1S/C27H43F2NO2/c1-18(9-11-30-16-20(17-30)14-26(28)29)24-7-8-25-21(4-3-10-27(24,25)2)6-5-19-12-22(31)15-23(32)13-19/h5-6,18,20,22-26,31-32H,3-4,7-17H2,1-2H3/b21-6+/t18-,22-,23-,24-,25+,27-/m1/s1. The Balaban J connectivity index is 1.33. The van der Waals surface area contributed by atoms with Gasteiger partial charge in [0.1, 0.15) is 0 Å². The summed E-state index contributed by atoms with van der Waals surface area (Å²) in [4.78, 5) is 2.36. The van der Waals surface area contributed by atoms with Crippen molar-refractivity contribution in [3.05, 3.63) is 23.3 Å². The summed E-state index contributed by atoms with van der Waals surface area (Å²) in [7, 11) is 0. The minimum Gasteiger partial charge on any atom is -0.393 e. The Bertz CT molecular complexity index is 690.